The third-order valence-electron chi connectivity index (χ3n) is 3.52. The van der Waals surface area contributed by atoms with Crippen molar-refractivity contribution >= 4 is 29.0 Å². The van der Waals surface area contributed by atoms with Crippen molar-refractivity contribution in [1.82, 2.24) is 9.97 Å². The average molecular weight is 289 g/mol. The van der Waals surface area contributed by atoms with Crippen molar-refractivity contribution < 1.29 is 4.79 Å². The summed E-state index contributed by atoms with van der Waals surface area (Å²) in [5.74, 6) is 0.341. The number of carbonyl (C=O) groups is 1. The van der Waals surface area contributed by atoms with E-state index in [1.165, 1.54) is 12.4 Å². The summed E-state index contributed by atoms with van der Waals surface area (Å²) < 4.78 is 0. The van der Waals surface area contributed by atoms with E-state index in [0.717, 1.165) is 18.4 Å². The van der Waals surface area contributed by atoms with E-state index in [4.69, 9.17) is 17.3 Å². The van der Waals surface area contributed by atoms with Crippen molar-refractivity contribution in [2.24, 2.45) is 0 Å². The highest BCUT2D eigenvalue weighted by atomic mass is 35.5. The maximum atomic E-state index is 12.4. The third kappa shape index (κ3) is 2.32. The molecular weight excluding hydrogens is 276 g/mol. The molecule has 3 rings (SSSR count). The highest BCUT2D eigenvalue weighted by Gasteiger charge is 2.51. The summed E-state index contributed by atoms with van der Waals surface area (Å²) in [6.45, 7) is 0. The summed E-state index contributed by atoms with van der Waals surface area (Å²) in [5, 5.41) is 3.09. The summed E-state index contributed by atoms with van der Waals surface area (Å²) in [6.07, 6.45) is 2.96. The highest BCUT2D eigenvalue weighted by molar-refractivity contribution is 6.29. The first-order valence-electron chi connectivity index (χ1n) is 6.25. The Bertz CT molecular complexity index is 652. The topological polar surface area (TPSA) is 80.9 Å². The number of nitrogen functional groups attached to an aromatic ring is 1. The summed E-state index contributed by atoms with van der Waals surface area (Å²) in [5.41, 5.74) is 6.87. The Morgan fingerprint density at radius 1 is 1.25 bits per heavy atom. The zero-order valence-corrected chi connectivity index (χ0v) is 11.4. The zero-order valence-electron chi connectivity index (χ0n) is 10.6. The molecule has 1 aliphatic rings. The fourth-order valence-corrected chi connectivity index (χ4v) is 2.36. The molecule has 102 valence electrons. The van der Waals surface area contributed by atoms with E-state index < -0.39 is 5.41 Å². The Balaban J connectivity index is 1.81. The van der Waals surface area contributed by atoms with Crippen molar-refractivity contribution in [1.29, 1.82) is 0 Å². The number of hydrogen-bond acceptors (Lipinski definition) is 4. The van der Waals surface area contributed by atoms with Crippen LogP contribution in [0.5, 0.6) is 0 Å². The molecule has 0 aliphatic heterocycles. The number of carbonyl (C=O) groups excluding carboxylic acids is 1. The van der Waals surface area contributed by atoms with Crippen LogP contribution in [-0.2, 0) is 10.2 Å². The number of amides is 1. The van der Waals surface area contributed by atoms with Gasteiger partial charge in [-0.05, 0) is 30.5 Å². The third-order valence-corrected chi connectivity index (χ3v) is 3.73. The predicted octanol–water partition coefficient (Wildman–Crippen LogP) is 2.38. The molecule has 1 saturated carbocycles. The minimum absolute atomic E-state index is 0.0722. The van der Waals surface area contributed by atoms with E-state index in [1.807, 2.05) is 24.3 Å². The molecule has 2 aromatic rings. The summed E-state index contributed by atoms with van der Waals surface area (Å²) in [7, 11) is 0. The molecule has 0 atom stereocenters. The number of rotatable bonds is 3. The molecule has 0 saturated heterocycles. The zero-order chi connectivity index (χ0) is 14.2. The van der Waals surface area contributed by atoms with Crippen LogP contribution in [0.1, 0.15) is 18.4 Å². The SMILES string of the molecule is Nc1ccc(C2(C(=O)Nc3cc(Cl)ncn3)CC2)cc1. The van der Waals surface area contributed by atoms with Crippen LogP contribution in [0.2, 0.25) is 5.15 Å². The fraction of sp³-hybridized carbons (Fsp3) is 0.214. The minimum atomic E-state index is -0.467. The van der Waals surface area contributed by atoms with Crippen LogP contribution < -0.4 is 11.1 Å². The minimum Gasteiger partial charge on any atom is -0.399 e. The Morgan fingerprint density at radius 3 is 2.55 bits per heavy atom. The second-order valence-electron chi connectivity index (χ2n) is 4.88. The molecular formula is C14H13ClN4O. The van der Waals surface area contributed by atoms with Crippen LogP contribution in [-0.4, -0.2) is 15.9 Å². The first kappa shape index (κ1) is 12.9. The van der Waals surface area contributed by atoms with E-state index >= 15 is 0 Å². The average Bonchev–Trinajstić information content (AvgIpc) is 3.21. The maximum absolute atomic E-state index is 12.4. The lowest BCUT2D eigenvalue weighted by Crippen LogP contribution is -2.28. The molecule has 20 heavy (non-hydrogen) atoms. The van der Waals surface area contributed by atoms with Crippen LogP contribution >= 0.6 is 11.6 Å². The number of nitrogens with zero attached hydrogens (tertiary/aromatic N) is 2. The fourth-order valence-electron chi connectivity index (χ4n) is 2.21. The van der Waals surface area contributed by atoms with E-state index in [0.29, 0.717) is 16.7 Å². The van der Waals surface area contributed by atoms with E-state index in [2.05, 4.69) is 15.3 Å². The van der Waals surface area contributed by atoms with Gasteiger partial charge in [-0.3, -0.25) is 4.79 Å². The van der Waals surface area contributed by atoms with Gasteiger partial charge in [-0.15, -0.1) is 0 Å². The second kappa shape index (κ2) is 4.76. The van der Waals surface area contributed by atoms with Gasteiger partial charge in [-0.2, -0.15) is 0 Å². The molecule has 1 aromatic heterocycles. The van der Waals surface area contributed by atoms with Gasteiger partial charge in [0.25, 0.3) is 0 Å². The van der Waals surface area contributed by atoms with Crippen molar-refractivity contribution in [2.75, 3.05) is 11.1 Å². The lowest BCUT2D eigenvalue weighted by Gasteiger charge is -2.15. The molecule has 6 heteroatoms. The second-order valence-corrected chi connectivity index (χ2v) is 5.27. The molecule has 1 aromatic carbocycles. The number of aromatic nitrogens is 2. The van der Waals surface area contributed by atoms with E-state index in [1.54, 1.807) is 0 Å². The Morgan fingerprint density at radius 2 is 1.95 bits per heavy atom. The van der Waals surface area contributed by atoms with Gasteiger partial charge in [-0.1, -0.05) is 23.7 Å². The molecule has 0 unspecified atom stereocenters. The van der Waals surface area contributed by atoms with Gasteiger partial charge in [0.1, 0.15) is 17.3 Å². The first-order valence-corrected chi connectivity index (χ1v) is 6.63. The lowest BCUT2D eigenvalue weighted by molar-refractivity contribution is -0.118. The standard InChI is InChI=1S/C14H13ClN4O/c15-11-7-12(18-8-17-11)19-13(20)14(5-6-14)9-1-3-10(16)4-2-9/h1-4,7-8H,5-6,16H2,(H,17,18,19,20). The van der Waals surface area contributed by atoms with Crippen LogP contribution in [0.25, 0.3) is 0 Å². The molecule has 1 aliphatic carbocycles. The van der Waals surface area contributed by atoms with Crippen LogP contribution in [0, 0.1) is 0 Å². The predicted molar refractivity (Wildman–Crippen MR) is 77.4 cm³/mol. The number of nitrogens with one attached hydrogen (secondary N) is 1. The normalized spacial score (nSPS) is 15.7. The Hall–Kier alpha value is -2.14. The van der Waals surface area contributed by atoms with Crippen molar-refractivity contribution in [3.05, 3.63) is 47.4 Å². The van der Waals surface area contributed by atoms with Gasteiger partial charge in [0.15, 0.2) is 0 Å². The van der Waals surface area contributed by atoms with Gasteiger partial charge < -0.3 is 11.1 Å². The smallest absolute Gasteiger partial charge is 0.236 e. The molecule has 3 N–H and O–H groups in total. The molecule has 1 heterocycles. The lowest BCUT2D eigenvalue weighted by atomic mass is 9.95. The van der Waals surface area contributed by atoms with Crippen LogP contribution in [0.4, 0.5) is 11.5 Å². The van der Waals surface area contributed by atoms with E-state index in [-0.39, 0.29) is 5.91 Å². The van der Waals surface area contributed by atoms with Crippen molar-refractivity contribution in [2.45, 2.75) is 18.3 Å². The number of anilines is 2. The van der Waals surface area contributed by atoms with Gasteiger partial charge >= 0.3 is 0 Å². The number of benzene rings is 1. The quantitative estimate of drug-likeness (QED) is 0.671. The van der Waals surface area contributed by atoms with Gasteiger partial charge in [-0.25, -0.2) is 9.97 Å². The summed E-state index contributed by atoms with van der Waals surface area (Å²) in [6, 6.07) is 8.94. The number of hydrogen-bond donors (Lipinski definition) is 2. The molecule has 0 radical (unpaired) electrons. The maximum Gasteiger partial charge on any atom is 0.236 e. The number of halogens is 1. The van der Waals surface area contributed by atoms with Gasteiger partial charge in [0.2, 0.25) is 5.91 Å². The monoisotopic (exact) mass is 288 g/mol. The Kier molecular flexibility index (Phi) is 3.06. The largest absolute Gasteiger partial charge is 0.399 e. The first-order chi connectivity index (χ1) is 9.60. The molecule has 0 spiro atoms. The molecule has 1 amide bonds. The van der Waals surface area contributed by atoms with Gasteiger partial charge in [0.05, 0.1) is 5.41 Å². The molecule has 1 fully saturated rings. The molecule has 0 bridgehead atoms. The van der Waals surface area contributed by atoms with Crippen LogP contribution in [0.15, 0.2) is 36.7 Å². The Labute approximate surface area is 121 Å². The van der Waals surface area contributed by atoms with Crippen LogP contribution in [0.3, 0.4) is 0 Å². The van der Waals surface area contributed by atoms with E-state index in [9.17, 15) is 4.79 Å². The van der Waals surface area contributed by atoms with Gasteiger partial charge in [0, 0.05) is 11.8 Å². The molecule has 5 nitrogen and oxygen atoms in total. The van der Waals surface area contributed by atoms with Crippen molar-refractivity contribution in [3.8, 4) is 0 Å². The van der Waals surface area contributed by atoms with Crippen molar-refractivity contribution in [3.63, 3.8) is 0 Å². The summed E-state index contributed by atoms with van der Waals surface area (Å²) >= 11 is 5.78. The summed E-state index contributed by atoms with van der Waals surface area (Å²) in [4.78, 5) is 20.2. The number of nitrogens with two attached hydrogens (primary N) is 1. The highest BCUT2D eigenvalue weighted by Crippen LogP contribution is 2.49.